The van der Waals surface area contributed by atoms with E-state index < -0.39 is 0 Å². The number of aromatic nitrogens is 1. The van der Waals surface area contributed by atoms with E-state index >= 15 is 0 Å². The van der Waals surface area contributed by atoms with E-state index in [1.54, 1.807) is 25.3 Å². The van der Waals surface area contributed by atoms with E-state index in [1.807, 2.05) is 24.3 Å². The fourth-order valence-corrected chi connectivity index (χ4v) is 2.77. The fourth-order valence-electron chi connectivity index (χ4n) is 2.13. The minimum atomic E-state index is -0.175. The van der Waals surface area contributed by atoms with Gasteiger partial charge in [0.1, 0.15) is 17.0 Å². The van der Waals surface area contributed by atoms with Crippen molar-refractivity contribution in [2.45, 2.75) is 5.22 Å². The quantitative estimate of drug-likeness (QED) is 0.689. The van der Waals surface area contributed by atoms with Crippen LogP contribution in [0.5, 0.6) is 11.5 Å². The monoisotopic (exact) mass is 344 g/mol. The van der Waals surface area contributed by atoms with Gasteiger partial charge in [0.15, 0.2) is 5.58 Å². The van der Waals surface area contributed by atoms with Gasteiger partial charge in [0.05, 0.1) is 25.7 Å². The topological polar surface area (TPSA) is 73.6 Å². The van der Waals surface area contributed by atoms with Gasteiger partial charge in [0, 0.05) is 6.07 Å². The van der Waals surface area contributed by atoms with Gasteiger partial charge in [0.25, 0.3) is 5.22 Å². The number of para-hydroxylation sites is 2. The minimum absolute atomic E-state index is 0.175. The Kier molecular flexibility index (Phi) is 4.90. The van der Waals surface area contributed by atoms with Crippen LogP contribution < -0.4 is 14.8 Å². The van der Waals surface area contributed by atoms with Crippen molar-refractivity contribution in [2.24, 2.45) is 0 Å². The lowest BCUT2D eigenvalue weighted by atomic mass is 10.2. The molecule has 1 N–H and O–H groups in total. The number of anilines is 1. The lowest BCUT2D eigenvalue weighted by Gasteiger charge is -2.11. The molecule has 0 radical (unpaired) electrons. The van der Waals surface area contributed by atoms with Crippen LogP contribution in [0, 0.1) is 0 Å². The zero-order valence-electron chi connectivity index (χ0n) is 13.2. The number of hydrogen-bond donors (Lipinski definition) is 1. The van der Waals surface area contributed by atoms with E-state index in [1.165, 1.54) is 18.9 Å². The molecule has 1 amide bonds. The molecule has 0 saturated carbocycles. The average molecular weight is 344 g/mol. The molecule has 7 heteroatoms. The Balaban J connectivity index is 1.63. The van der Waals surface area contributed by atoms with Crippen molar-refractivity contribution in [1.82, 2.24) is 4.98 Å². The van der Waals surface area contributed by atoms with E-state index in [2.05, 4.69) is 10.3 Å². The van der Waals surface area contributed by atoms with Crippen molar-refractivity contribution in [3.05, 3.63) is 42.5 Å². The van der Waals surface area contributed by atoms with Gasteiger partial charge in [-0.2, -0.15) is 0 Å². The Morgan fingerprint density at radius 2 is 2.04 bits per heavy atom. The number of benzene rings is 2. The maximum Gasteiger partial charge on any atom is 0.257 e. The summed E-state index contributed by atoms with van der Waals surface area (Å²) in [6.07, 6.45) is 0. The molecule has 1 aromatic heterocycles. The highest BCUT2D eigenvalue weighted by atomic mass is 32.2. The summed E-state index contributed by atoms with van der Waals surface area (Å²) in [5, 5.41) is 3.27. The lowest BCUT2D eigenvalue weighted by molar-refractivity contribution is -0.113. The van der Waals surface area contributed by atoms with Gasteiger partial charge in [-0.05, 0) is 24.3 Å². The van der Waals surface area contributed by atoms with Gasteiger partial charge >= 0.3 is 0 Å². The third-order valence-electron chi connectivity index (χ3n) is 3.28. The number of carbonyl (C=O) groups excluding carboxylic acids is 1. The maximum absolute atomic E-state index is 12.1. The van der Waals surface area contributed by atoms with Crippen LogP contribution in [0.1, 0.15) is 0 Å². The molecule has 1 heterocycles. The standard InChI is InChI=1S/C17H16N2O4S/c1-21-11-7-8-13(15(9-11)22-2)18-16(20)10-24-17-19-12-5-3-4-6-14(12)23-17/h3-9H,10H2,1-2H3,(H,18,20). The molecule has 0 saturated heterocycles. The fraction of sp³-hybridized carbons (Fsp3) is 0.176. The minimum Gasteiger partial charge on any atom is -0.497 e. The predicted octanol–water partition coefficient (Wildman–Crippen LogP) is 3.58. The lowest BCUT2D eigenvalue weighted by Crippen LogP contribution is -2.14. The third-order valence-corrected chi connectivity index (χ3v) is 4.11. The zero-order valence-corrected chi connectivity index (χ0v) is 14.1. The summed E-state index contributed by atoms with van der Waals surface area (Å²) in [5.41, 5.74) is 2.07. The molecule has 24 heavy (non-hydrogen) atoms. The van der Waals surface area contributed by atoms with Crippen LogP contribution in [0.15, 0.2) is 52.1 Å². The number of rotatable bonds is 6. The Hall–Kier alpha value is -2.67. The number of methoxy groups -OCH3 is 2. The molecule has 6 nitrogen and oxygen atoms in total. The van der Waals surface area contributed by atoms with Gasteiger partial charge in [-0.1, -0.05) is 23.9 Å². The Bertz CT molecular complexity index is 830. The van der Waals surface area contributed by atoms with E-state index in [0.717, 1.165) is 5.52 Å². The molecule has 0 aliphatic carbocycles. The second kappa shape index (κ2) is 7.27. The molecule has 0 fully saturated rings. The number of nitrogens with zero attached hydrogens (tertiary/aromatic N) is 1. The molecular weight excluding hydrogens is 328 g/mol. The molecular formula is C17H16N2O4S. The highest BCUT2D eigenvalue weighted by Gasteiger charge is 2.12. The predicted molar refractivity (Wildman–Crippen MR) is 92.9 cm³/mol. The number of nitrogens with one attached hydrogen (secondary N) is 1. The molecule has 0 spiro atoms. The maximum atomic E-state index is 12.1. The number of amides is 1. The number of thioether (sulfide) groups is 1. The number of ether oxygens (including phenoxy) is 2. The smallest absolute Gasteiger partial charge is 0.257 e. The average Bonchev–Trinajstić information content (AvgIpc) is 3.03. The molecule has 0 bridgehead atoms. The van der Waals surface area contributed by atoms with Crippen molar-refractivity contribution < 1.29 is 18.7 Å². The van der Waals surface area contributed by atoms with Crippen molar-refractivity contribution in [3.63, 3.8) is 0 Å². The molecule has 124 valence electrons. The molecule has 2 aromatic carbocycles. The summed E-state index contributed by atoms with van der Waals surface area (Å²) in [5.74, 6) is 1.20. The van der Waals surface area contributed by atoms with Crippen molar-refractivity contribution in [3.8, 4) is 11.5 Å². The summed E-state index contributed by atoms with van der Waals surface area (Å²) in [4.78, 5) is 16.5. The van der Waals surface area contributed by atoms with Crippen molar-refractivity contribution in [1.29, 1.82) is 0 Å². The molecule has 3 rings (SSSR count). The Morgan fingerprint density at radius 3 is 2.79 bits per heavy atom. The first-order valence-electron chi connectivity index (χ1n) is 7.20. The van der Waals surface area contributed by atoms with Crippen LogP contribution in [-0.4, -0.2) is 30.9 Å². The van der Waals surface area contributed by atoms with Gasteiger partial charge in [-0.3, -0.25) is 4.79 Å². The van der Waals surface area contributed by atoms with E-state index in [0.29, 0.717) is 28.0 Å². The van der Waals surface area contributed by atoms with Crippen molar-refractivity contribution >= 4 is 34.5 Å². The number of carbonyl (C=O) groups is 1. The SMILES string of the molecule is COc1ccc(NC(=O)CSc2nc3ccccc3o2)c(OC)c1. The van der Waals surface area contributed by atoms with Crippen LogP contribution >= 0.6 is 11.8 Å². The van der Waals surface area contributed by atoms with Crippen LogP contribution in [0.3, 0.4) is 0 Å². The first kappa shape index (κ1) is 16.2. The van der Waals surface area contributed by atoms with Gasteiger partial charge in [0.2, 0.25) is 5.91 Å². The number of oxazole rings is 1. The van der Waals surface area contributed by atoms with Gasteiger partial charge in [-0.25, -0.2) is 4.98 Å². The van der Waals surface area contributed by atoms with Crippen LogP contribution in [0.4, 0.5) is 5.69 Å². The van der Waals surface area contributed by atoms with Gasteiger partial charge < -0.3 is 19.2 Å². The Morgan fingerprint density at radius 1 is 1.21 bits per heavy atom. The second-order valence-electron chi connectivity index (χ2n) is 4.85. The Labute approximate surface area is 143 Å². The number of fused-ring (bicyclic) bond motifs is 1. The highest BCUT2D eigenvalue weighted by molar-refractivity contribution is 7.99. The van der Waals surface area contributed by atoms with E-state index in [-0.39, 0.29) is 11.7 Å². The van der Waals surface area contributed by atoms with Crippen molar-refractivity contribution in [2.75, 3.05) is 25.3 Å². The summed E-state index contributed by atoms with van der Waals surface area (Å²) < 4.78 is 16.0. The first-order chi connectivity index (χ1) is 11.7. The first-order valence-corrected chi connectivity index (χ1v) is 8.18. The van der Waals surface area contributed by atoms with Gasteiger partial charge in [-0.15, -0.1) is 0 Å². The normalized spacial score (nSPS) is 10.6. The van der Waals surface area contributed by atoms with Crippen LogP contribution in [0.25, 0.3) is 11.1 Å². The highest BCUT2D eigenvalue weighted by Crippen LogP contribution is 2.29. The third kappa shape index (κ3) is 3.62. The summed E-state index contributed by atoms with van der Waals surface area (Å²) >= 11 is 1.24. The van der Waals surface area contributed by atoms with E-state index in [9.17, 15) is 4.79 Å². The van der Waals surface area contributed by atoms with Crippen LogP contribution in [0.2, 0.25) is 0 Å². The molecule has 0 unspecified atom stereocenters. The molecule has 0 atom stereocenters. The molecule has 0 aliphatic heterocycles. The van der Waals surface area contributed by atoms with Crippen LogP contribution in [-0.2, 0) is 4.79 Å². The number of hydrogen-bond acceptors (Lipinski definition) is 6. The van der Waals surface area contributed by atoms with E-state index in [4.69, 9.17) is 13.9 Å². The molecule has 3 aromatic rings. The summed E-state index contributed by atoms with van der Waals surface area (Å²) in [6.45, 7) is 0. The summed E-state index contributed by atoms with van der Waals surface area (Å²) in [7, 11) is 3.11. The summed E-state index contributed by atoms with van der Waals surface area (Å²) in [6, 6.07) is 12.7. The molecule has 0 aliphatic rings. The zero-order chi connectivity index (χ0) is 16.9. The second-order valence-corrected chi connectivity index (χ2v) is 5.78. The largest absolute Gasteiger partial charge is 0.497 e.